The minimum absolute atomic E-state index is 0. The van der Waals surface area contributed by atoms with Crippen LogP contribution in [-0.2, 0) is 27.5 Å². The molecule has 1 aliphatic rings. The second-order valence-corrected chi connectivity index (χ2v) is 5.96. The zero-order chi connectivity index (χ0) is 15.7. The number of cyclic esters (lactones) is 1. The fourth-order valence-corrected chi connectivity index (χ4v) is 2.64. The maximum Gasteiger partial charge on any atom is 1.00 e. The van der Waals surface area contributed by atoms with Crippen LogP contribution in [0.2, 0.25) is 0 Å². The number of ether oxygens (including phenoxy) is 1. The van der Waals surface area contributed by atoms with E-state index >= 15 is 0 Å². The van der Waals surface area contributed by atoms with E-state index in [1.54, 1.807) is 0 Å². The van der Waals surface area contributed by atoms with Gasteiger partial charge in [0.15, 0.2) is 0 Å². The monoisotopic (exact) mass is 488 g/mol. The Hall–Kier alpha value is 5.58. The second kappa shape index (κ2) is 16.2. The zero-order valence-electron chi connectivity index (χ0n) is 13.2. The summed E-state index contributed by atoms with van der Waals surface area (Å²) in [5.41, 5.74) is 0. The molecule has 12 nitrogen and oxygen atoms in total. The summed E-state index contributed by atoms with van der Waals surface area (Å²) in [6, 6.07) is 0. The summed E-state index contributed by atoms with van der Waals surface area (Å²) in [5, 5.41) is 29.1. The van der Waals surface area contributed by atoms with Gasteiger partial charge in [-0.2, -0.15) is 0 Å². The fourth-order valence-electron chi connectivity index (χ4n) is 1.13. The molecule has 1 aliphatic heterocycles. The molecule has 0 bridgehead atoms. The summed E-state index contributed by atoms with van der Waals surface area (Å²) in [7, 11) is -11.8. The van der Waals surface area contributed by atoms with Gasteiger partial charge in [0.2, 0.25) is 5.76 Å². The molecule has 3 atom stereocenters. The number of carbonyl (C=O) groups is 1. The molecule has 0 radical (unpaired) electrons. The molecular weight excluding hydrogens is 482 g/mol. The first-order valence-electron chi connectivity index (χ1n) is 4.62. The molecule has 1 unspecified atom stereocenters. The van der Waals surface area contributed by atoms with Crippen molar-refractivity contribution >= 4 is 21.6 Å². The van der Waals surface area contributed by atoms with Crippen LogP contribution >= 0.6 is 15.6 Å². The zero-order valence-corrected chi connectivity index (χ0v) is 27.5. The van der Waals surface area contributed by atoms with Crippen LogP contribution in [0.4, 0.5) is 0 Å². The van der Waals surface area contributed by atoms with Crippen molar-refractivity contribution in [1.29, 1.82) is 0 Å². The van der Waals surface area contributed by atoms with Crippen LogP contribution in [0.25, 0.3) is 0 Å². The standard InChI is InChI=1S/C6H10O12P2.4K/c7-1-2(8)4-3(9)5(6(10)16-4)17-20(14,15)18-19(11,12)13;;;;/h2,4,7-9H,1H2,(H,14,15)(H2,11,12,13);;;;/q;4*+1/p-4/t2-,4+;;;;/m0..../s1. The molecule has 0 saturated heterocycles. The quantitative estimate of drug-likeness (QED) is 0.203. The molecular formula is C6H6K4O12P2. The first kappa shape index (κ1) is 36.9. The van der Waals surface area contributed by atoms with Gasteiger partial charge in [-0.25, -0.2) is 4.79 Å². The average Bonchev–Trinajstić information content (AvgIpc) is 2.52. The van der Waals surface area contributed by atoms with Gasteiger partial charge in [0, 0.05) is 0 Å². The van der Waals surface area contributed by atoms with Crippen LogP contribution in [0.15, 0.2) is 11.5 Å². The number of hydrogen-bond donors (Lipinski definition) is 2. The Morgan fingerprint density at radius 3 is 2.00 bits per heavy atom. The van der Waals surface area contributed by atoms with E-state index in [-0.39, 0.29) is 206 Å². The largest absolute Gasteiger partial charge is 1.00 e. The number of hydrogen-bond acceptors (Lipinski definition) is 12. The van der Waals surface area contributed by atoms with Gasteiger partial charge in [-0.05, 0) is 5.76 Å². The number of aliphatic hydroxyl groups is 2. The molecule has 0 fully saturated rings. The minimum atomic E-state index is -5.99. The van der Waals surface area contributed by atoms with Crippen LogP contribution in [0.1, 0.15) is 0 Å². The first-order chi connectivity index (χ1) is 8.97. The van der Waals surface area contributed by atoms with Crippen molar-refractivity contribution in [3.63, 3.8) is 0 Å². The average molecular weight is 488 g/mol. The molecule has 0 spiro atoms. The molecule has 0 amide bonds. The number of carbonyl (C=O) groups excluding carboxylic acids is 1. The van der Waals surface area contributed by atoms with Gasteiger partial charge in [0.05, 0.1) is 14.4 Å². The molecule has 2 N–H and O–H groups in total. The van der Waals surface area contributed by atoms with Crippen LogP contribution < -0.4 is 225 Å². The van der Waals surface area contributed by atoms with E-state index in [0.717, 1.165) is 0 Å². The van der Waals surface area contributed by atoms with Crippen molar-refractivity contribution in [2.45, 2.75) is 12.2 Å². The molecule has 1 heterocycles. The van der Waals surface area contributed by atoms with Gasteiger partial charge >= 0.3 is 219 Å². The summed E-state index contributed by atoms with van der Waals surface area (Å²) < 4.78 is 32.1. The third-order valence-corrected chi connectivity index (χ3v) is 3.85. The molecule has 1 rings (SSSR count). The van der Waals surface area contributed by atoms with Gasteiger partial charge in [-0.3, -0.25) is 8.88 Å². The van der Waals surface area contributed by atoms with Crippen LogP contribution in [0.3, 0.4) is 0 Å². The smallest absolute Gasteiger partial charge is 0.870 e. The van der Waals surface area contributed by atoms with E-state index in [0.29, 0.717) is 0 Å². The number of esters is 1. The summed E-state index contributed by atoms with van der Waals surface area (Å²) in [4.78, 5) is 42.3. The Morgan fingerprint density at radius 2 is 1.62 bits per heavy atom. The van der Waals surface area contributed by atoms with Crippen LogP contribution in [-0.4, -0.2) is 35.0 Å². The summed E-state index contributed by atoms with van der Waals surface area (Å²) >= 11 is 0. The van der Waals surface area contributed by atoms with E-state index in [2.05, 4.69) is 13.6 Å². The Morgan fingerprint density at radius 1 is 1.17 bits per heavy atom. The topological polar surface area (TPSA) is 212 Å². The predicted octanol–water partition coefficient (Wildman–Crippen LogP) is -16.8. The van der Waals surface area contributed by atoms with Gasteiger partial charge in [-0.15, -0.1) is 0 Å². The normalized spacial score (nSPS) is 20.2. The van der Waals surface area contributed by atoms with E-state index in [4.69, 9.17) is 10.2 Å². The Balaban J connectivity index is -0.000000500. The summed E-state index contributed by atoms with van der Waals surface area (Å²) in [6.45, 7) is -0.987. The third kappa shape index (κ3) is 13.1. The van der Waals surface area contributed by atoms with Gasteiger partial charge in [0.25, 0.3) is 0 Å². The van der Waals surface area contributed by atoms with Crippen molar-refractivity contribution < 1.29 is 263 Å². The SMILES string of the molecule is O=C1O[C@H]([C@@H](O)CO)C([O-])=C1OP(=O)([O-])OP(=O)([O-])[O-].[K+].[K+].[K+].[K+]. The maximum atomic E-state index is 11.4. The van der Waals surface area contributed by atoms with Crippen molar-refractivity contribution in [3.05, 3.63) is 11.5 Å². The number of phosphoric ester groups is 1. The molecule has 116 valence electrons. The molecule has 0 aliphatic carbocycles. The van der Waals surface area contributed by atoms with Crippen molar-refractivity contribution in [3.8, 4) is 0 Å². The predicted molar refractivity (Wildman–Crippen MR) is 47.4 cm³/mol. The minimum Gasteiger partial charge on any atom is -0.870 e. The van der Waals surface area contributed by atoms with Crippen molar-refractivity contribution in [2.75, 3.05) is 6.61 Å². The van der Waals surface area contributed by atoms with Gasteiger partial charge < -0.3 is 43.8 Å². The van der Waals surface area contributed by atoms with Crippen LogP contribution in [0.5, 0.6) is 0 Å². The Bertz CT molecular complexity index is 534. The van der Waals surface area contributed by atoms with Gasteiger partial charge in [0.1, 0.15) is 12.2 Å². The summed E-state index contributed by atoms with van der Waals surface area (Å²) in [6.07, 6.45) is -3.77. The number of aliphatic hydroxyl groups excluding tert-OH is 2. The van der Waals surface area contributed by atoms with E-state index in [9.17, 15) is 33.7 Å². The van der Waals surface area contributed by atoms with E-state index < -0.39 is 51.9 Å². The van der Waals surface area contributed by atoms with E-state index in [1.807, 2.05) is 0 Å². The summed E-state index contributed by atoms with van der Waals surface area (Å²) in [5.74, 6) is -4.61. The van der Waals surface area contributed by atoms with E-state index in [1.165, 1.54) is 0 Å². The Kier molecular flexibility index (Phi) is 25.0. The molecule has 18 heteroatoms. The van der Waals surface area contributed by atoms with Gasteiger partial charge in [-0.1, -0.05) is 0 Å². The second-order valence-electron chi connectivity index (χ2n) is 3.34. The number of phosphoric acid groups is 2. The molecule has 0 aromatic rings. The Labute approximate surface area is 306 Å². The molecule has 0 aromatic heterocycles. The molecule has 0 saturated carbocycles. The first-order valence-corrected chi connectivity index (χ1v) is 7.54. The fraction of sp³-hybridized carbons (Fsp3) is 0.500. The maximum absolute atomic E-state index is 11.4. The van der Waals surface area contributed by atoms with Crippen molar-refractivity contribution in [1.82, 2.24) is 0 Å². The third-order valence-electron chi connectivity index (χ3n) is 1.84. The van der Waals surface area contributed by atoms with Crippen LogP contribution in [0, 0.1) is 0 Å². The number of rotatable bonds is 6. The molecule has 0 aromatic carbocycles. The molecule has 24 heavy (non-hydrogen) atoms. The van der Waals surface area contributed by atoms with Crippen molar-refractivity contribution in [2.24, 2.45) is 0 Å².